The SMILES string of the molecule is CCOP(=O)(OCC)C(O)(CN)P(=O)(OCC)OCC. The fourth-order valence-electron chi connectivity index (χ4n) is 1.54. The van der Waals surface area contributed by atoms with Crippen molar-refractivity contribution in [3.05, 3.63) is 0 Å². The summed E-state index contributed by atoms with van der Waals surface area (Å²) in [4.78, 5) is 0. The second kappa shape index (κ2) is 8.61. The summed E-state index contributed by atoms with van der Waals surface area (Å²) in [5.41, 5.74) is 5.49. The van der Waals surface area contributed by atoms with E-state index in [9.17, 15) is 14.2 Å². The van der Waals surface area contributed by atoms with E-state index in [2.05, 4.69) is 0 Å². The third-order valence-corrected chi connectivity index (χ3v) is 8.33. The van der Waals surface area contributed by atoms with Gasteiger partial charge in [-0.2, -0.15) is 0 Å². The van der Waals surface area contributed by atoms with E-state index in [-0.39, 0.29) is 26.4 Å². The van der Waals surface area contributed by atoms with Gasteiger partial charge >= 0.3 is 15.2 Å². The zero-order valence-electron chi connectivity index (χ0n) is 12.4. The molecule has 0 aliphatic heterocycles. The Kier molecular flexibility index (Phi) is 8.71. The highest BCUT2D eigenvalue weighted by Gasteiger charge is 2.64. The molecule has 20 heavy (non-hydrogen) atoms. The first-order valence-corrected chi connectivity index (χ1v) is 9.60. The Labute approximate surface area is 120 Å². The van der Waals surface area contributed by atoms with E-state index < -0.39 is 26.8 Å². The van der Waals surface area contributed by atoms with Gasteiger partial charge in [-0.05, 0) is 27.7 Å². The molecule has 0 fully saturated rings. The first kappa shape index (κ1) is 20.2. The van der Waals surface area contributed by atoms with Gasteiger partial charge in [-0.15, -0.1) is 0 Å². The molecular formula is C10H25NO7P2. The van der Waals surface area contributed by atoms with E-state index >= 15 is 0 Å². The predicted octanol–water partition coefficient (Wildman–Crippen LogP) is 2.12. The van der Waals surface area contributed by atoms with E-state index in [0.717, 1.165) is 0 Å². The molecular weight excluding hydrogens is 308 g/mol. The predicted molar refractivity (Wildman–Crippen MR) is 75.7 cm³/mol. The minimum absolute atomic E-state index is 0.0160. The first-order valence-electron chi connectivity index (χ1n) is 6.51. The van der Waals surface area contributed by atoms with Gasteiger partial charge in [0.15, 0.2) is 0 Å². The van der Waals surface area contributed by atoms with E-state index in [1.165, 1.54) is 0 Å². The Balaban J connectivity index is 5.83. The van der Waals surface area contributed by atoms with Crippen LogP contribution in [0.1, 0.15) is 27.7 Å². The fraction of sp³-hybridized carbons (Fsp3) is 1.00. The standard InChI is InChI=1S/C10H25NO7P2/c1-5-15-19(13,16-6-2)10(12,9-11)20(14,17-7-3)18-8-4/h12H,5-9,11H2,1-4H3. The lowest BCUT2D eigenvalue weighted by Gasteiger charge is -2.37. The van der Waals surface area contributed by atoms with Gasteiger partial charge in [-0.1, -0.05) is 0 Å². The van der Waals surface area contributed by atoms with Gasteiger partial charge in [0.2, 0.25) is 0 Å². The maximum atomic E-state index is 12.8. The van der Waals surface area contributed by atoms with Gasteiger partial charge in [0.05, 0.1) is 26.4 Å². The van der Waals surface area contributed by atoms with Crippen molar-refractivity contribution >= 4 is 15.2 Å². The molecule has 0 radical (unpaired) electrons. The summed E-state index contributed by atoms with van der Waals surface area (Å²) in [5, 5.41) is 8.09. The average Bonchev–Trinajstić information content (AvgIpc) is 2.38. The lowest BCUT2D eigenvalue weighted by Crippen LogP contribution is -2.40. The molecule has 0 aliphatic rings. The minimum atomic E-state index is -4.20. The summed E-state index contributed by atoms with van der Waals surface area (Å²) in [6.07, 6.45) is 0. The van der Waals surface area contributed by atoms with Crippen molar-refractivity contribution in [1.29, 1.82) is 0 Å². The summed E-state index contributed by atoms with van der Waals surface area (Å²) in [6, 6.07) is 0. The van der Waals surface area contributed by atoms with Crippen molar-refractivity contribution in [3.8, 4) is 0 Å². The molecule has 122 valence electrons. The maximum Gasteiger partial charge on any atom is 0.375 e. The third-order valence-electron chi connectivity index (χ3n) is 2.35. The van der Waals surface area contributed by atoms with Gasteiger partial charge in [0, 0.05) is 6.54 Å². The van der Waals surface area contributed by atoms with E-state index in [1.54, 1.807) is 27.7 Å². The van der Waals surface area contributed by atoms with Gasteiger partial charge in [-0.3, -0.25) is 9.13 Å². The molecule has 0 aromatic carbocycles. The normalized spacial score (nSPS) is 13.7. The Bertz CT molecular complexity index is 327. The largest absolute Gasteiger partial charge is 0.375 e. The monoisotopic (exact) mass is 333 g/mol. The van der Waals surface area contributed by atoms with Crippen LogP contribution in [0.15, 0.2) is 0 Å². The Hall–Kier alpha value is 0.220. The Morgan fingerprint density at radius 2 is 1.10 bits per heavy atom. The van der Waals surface area contributed by atoms with Crippen LogP contribution in [0.4, 0.5) is 0 Å². The minimum Gasteiger partial charge on any atom is -0.367 e. The molecule has 0 rings (SSSR count). The summed E-state index contributed by atoms with van der Waals surface area (Å²) in [7, 11) is -8.41. The van der Waals surface area contributed by atoms with Crippen molar-refractivity contribution in [3.63, 3.8) is 0 Å². The fourth-order valence-corrected chi connectivity index (χ4v) is 6.22. The first-order chi connectivity index (χ1) is 9.30. The molecule has 0 saturated heterocycles. The molecule has 0 saturated carbocycles. The number of nitrogens with two attached hydrogens (primary N) is 1. The number of hydrogen-bond acceptors (Lipinski definition) is 8. The summed E-state index contributed by atoms with van der Waals surface area (Å²) >= 11 is 0. The number of aliphatic hydroxyl groups is 1. The van der Waals surface area contributed by atoms with Crippen LogP contribution in [-0.2, 0) is 27.2 Å². The van der Waals surface area contributed by atoms with Crippen molar-refractivity contribution in [2.24, 2.45) is 5.73 Å². The van der Waals surface area contributed by atoms with Gasteiger partial charge < -0.3 is 28.9 Å². The molecule has 0 aliphatic carbocycles. The zero-order valence-corrected chi connectivity index (χ0v) is 14.2. The zero-order chi connectivity index (χ0) is 15.9. The highest BCUT2D eigenvalue weighted by molar-refractivity contribution is 7.73. The smallest absolute Gasteiger partial charge is 0.367 e. The lowest BCUT2D eigenvalue weighted by atomic mass is 10.7. The topological polar surface area (TPSA) is 117 Å². The Morgan fingerprint density at radius 1 is 0.850 bits per heavy atom. The molecule has 0 atom stereocenters. The molecule has 0 aromatic rings. The van der Waals surface area contributed by atoms with Crippen LogP contribution in [0.3, 0.4) is 0 Å². The van der Waals surface area contributed by atoms with Crippen LogP contribution in [0.2, 0.25) is 0 Å². The van der Waals surface area contributed by atoms with Crippen molar-refractivity contribution in [2.45, 2.75) is 32.8 Å². The summed E-state index contributed by atoms with van der Waals surface area (Å²) < 4.78 is 45.7. The second-order valence-electron chi connectivity index (χ2n) is 3.64. The van der Waals surface area contributed by atoms with Gasteiger partial charge in [-0.25, -0.2) is 0 Å². The molecule has 0 amide bonds. The second-order valence-corrected chi connectivity index (χ2v) is 8.50. The number of rotatable bonds is 11. The molecule has 0 aromatic heterocycles. The summed E-state index contributed by atoms with van der Waals surface area (Å²) in [5.74, 6) is 0. The van der Waals surface area contributed by atoms with Crippen LogP contribution in [0.25, 0.3) is 0 Å². The third kappa shape index (κ3) is 3.90. The van der Waals surface area contributed by atoms with Crippen LogP contribution < -0.4 is 5.73 Å². The molecule has 0 heterocycles. The highest BCUT2D eigenvalue weighted by atomic mass is 31.2. The van der Waals surface area contributed by atoms with Crippen molar-refractivity contribution < 1.29 is 32.3 Å². The van der Waals surface area contributed by atoms with Crippen molar-refractivity contribution in [1.82, 2.24) is 0 Å². The average molecular weight is 333 g/mol. The van der Waals surface area contributed by atoms with Gasteiger partial charge in [0.1, 0.15) is 0 Å². The van der Waals surface area contributed by atoms with E-state index in [1.807, 2.05) is 0 Å². The van der Waals surface area contributed by atoms with E-state index in [4.69, 9.17) is 23.8 Å². The van der Waals surface area contributed by atoms with Crippen LogP contribution in [-0.4, -0.2) is 43.2 Å². The van der Waals surface area contributed by atoms with Crippen LogP contribution in [0.5, 0.6) is 0 Å². The van der Waals surface area contributed by atoms with E-state index in [0.29, 0.717) is 0 Å². The molecule has 0 spiro atoms. The Morgan fingerprint density at radius 3 is 1.25 bits per heavy atom. The van der Waals surface area contributed by atoms with Gasteiger partial charge in [0.25, 0.3) is 5.08 Å². The maximum absolute atomic E-state index is 12.8. The molecule has 0 unspecified atom stereocenters. The van der Waals surface area contributed by atoms with Crippen LogP contribution in [0, 0.1) is 0 Å². The van der Waals surface area contributed by atoms with Crippen LogP contribution >= 0.6 is 15.2 Å². The van der Waals surface area contributed by atoms with Crippen molar-refractivity contribution in [2.75, 3.05) is 33.0 Å². The lowest BCUT2D eigenvalue weighted by molar-refractivity contribution is 0.0876. The highest BCUT2D eigenvalue weighted by Crippen LogP contribution is 2.76. The summed E-state index contributed by atoms with van der Waals surface area (Å²) in [6.45, 7) is 5.54. The molecule has 8 nitrogen and oxygen atoms in total. The number of hydrogen-bond donors (Lipinski definition) is 2. The quantitative estimate of drug-likeness (QED) is 0.552. The molecule has 10 heteroatoms. The molecule has 0 bridgehead atoms. The molecule has 3 N–H and O–H groups in total.